The molecule has 2 rings (SSSR count). The van der Waals surface area contributed by atoms with Crippen molar-refractivity contribution in [2.45, 2.75) is 13.1 Å². The Hall–Kier alpha value is -1.20. The summed E-state index contributed by atoms with van der Waals surface area (Å²) in [5.74, 6) is 0. The van der Waals surface area contributed by atoms with Gasteiger partial charge in [-0.15, -0.1) is 16.4 Å². The van der Waals surface area contributed by atoms with Gasteiger partial charge >= 0.3 is 0 Å². The summed E-state index contributed by atoms with van der Waals surface area (Å²) >= 11 is 1.74. The minimum Gasteiger partial charge on any atom is -0.314 e. The Morgan fingerprint density at radius 1 is 1.57 bits per heavy atom. The van der Waals surface area contributed by atoms with Gasteiger partial charge in [0.05, 0.1) is 18.4 Å². The molecule has 0 bridgehead atoms. The van der Waals surface area contributed by atoms with E-state index in [0.29, 0.717) is 0 Å². The Balaban J connectivity index is 2.03. The van der Waals surface area contributed by atoms with Gasteiger partial charge in [0.15, 0.2) is 0 Å². The van der Waals surface area contributed by atoms with Crippen LogP contribution in [0.1, 0.15) is 10.6 Å². The highest BCUT2D eigenvalue weighted by atomic mass is 32.1. The maximum absolute atomic E-state index is 4.04. The van der Waals surface area contributed by atoms with Gasteiger partial charge in [-0.05, 0) is 18.5 Å². The van der Waals surface area contributed by atoms with Gasteiger partial charge in [0.25, 0.3) is 0 Å². The highest BCUT2D eigenvalue weighted by molar-refractivity contribution is 7.09. The molecule has 2 heterocycles. The fourth-order valence-electron chi connectivity index (χ4n) is 1.24. The van der Waals surface area contributed by atoms with Crippen LogP contribution in [0.25, 0.3) is 0 Å². The second-order valence-corrected chi connectivity index (χ2v) is 4.05. The summed E-state index contributed by atoms with van der Waals surface area (Å²) in [5, 5.41) is 13.2. The molecule has 0 saturated carbocycles. The van der Waals surface area contributed by atoms with Crippen molar-refractivity contribution >= 4 is 11.3 Å². The summed E-state index contributed by atoms with van der Waals surface area (Å²) in [6.45, 7) is 1.58. The average molecular weight is 208 g/mol. The fraction of sp³-hybridized carbons (Fsp3) is 0.333. The molecule has 0 saturated heterocycles. The zero-order valence-corrected chi connectivity index (χ0v) is 8.79. The predicted octanol–water partition coefficient (Wildman–Crippen LogP) is 1.11. The number of nitrogens with one attached hydrogen (secondary N) is 1. The van der Waals surface area contributed by atoms with Crippen LogP contribution < -0.4 is 5.32 Å². The Kier molecular flexibility index (Phi) is 2.90. The van der Waals surface area contributed by atoms with E-state index in [0.717, 1.165) is 18.8 Å². The summed E-state index contributed by atoms with van der Waals surface area (Å²) in [6, 6.07) is 4.15. The van der Waals surface area contributed by atoms with Gasteiger partial charge in [-0.25, -0.2) is 4.68 Å². The van der Waals surface area contributed by atoms with Crippen LogP contribution in [-0.4, -0.2) is 22.0 Å². The topological polar surface area (TPSA) is 42.7 Å². The standard InChI is InChI=1S/C9H12N4S/c1-10-5-8-6-13(12-11-8)7-9-3-2-4-14-9/h2-4,6,10H,5,7H2,1H3. The summed E-state index contributed by atoms with van der Waals surface area (Å²) in [5.41, 5.74) is 0.976. The maximum Gasteiger partial charge on any atom is 0.0964 e. The van der Waals surface area contributed by atoms with Crippen molar-refractivity contribution in [1.29, 1.82) is 0 Å². The lowest BCUT2D eigenvalue weighted by Crippen LogP contribution is -2.05. The lowest BCUT2D eigenvalue weighted by Gasteiger charge is -1.95. The van der Waals surface area contributed by atoms with Gasteiger partial charge in [0, 0.05) is 11.4 Å². The Morgan fingerprint density at radius 2 is 2.50 bits per heavy atom. The van der Waals surface area contributed by atoms with Crippen LogP contribution in [0, 0.1) is 0 Å². The smallest absolute Gasteiger partial charge is 0.0964 e. The molecular formula is C9H12N4S. The first-order chi connectivity index (χ1) is 6.88. The van der Waals surface area contributed by atoms with Crippen LogP contribution >= 0.6 is 11.3 Å². The third kappa shape index (κ3) is 2.18. The Bertz CT molecular complexity index is 379. The number of aromatic nitrogens is 3. The van der Waals surface area contributed by atoms with Crippen LogP contribution in [0.3, 0.4) is 0 Å². The monoisotopic (exact) mass is 208 g/mol. The van der Waals surface area contributed by atoms with Crippen LogP contribution in [0.4, 0.5) is 0 Å². The minimum absolute atomic E-state index is 0.768. The largest absolute Gasteiger partial charge is 0.314 e. The number of hydrogen-bond acceptors (Lipinski definition) is 4. The Morgan fingerprint density at radius 3 is 3.21 bits per heavy atom. The average Bonchev–Trinajstić information content (AvgIpc) is 2.79. The van der Waals surface area contributed by atoms with E-state index in [1.165, 1.54) is 4.88 Å². The molecule has 2 aromatic rings. The zero-order valence-electron chi connectivity index (χ0n) is 7.97. The van der Waals surface area contributed by atoms with Crippen LogP contribution in [0.5, 0.6) is 0 Å². The van der Waals surface area contributed by atoms with Gasteiger partial charge in [-0.1, -0.05) is 11.3 Å². The minimum atomic E-state index is 0.768. The van der Waals surface area contributed by atoms with Crippen LogP contribution in [0.2, 0.25) is 0 Å². The van der Waals surface area contributed by atoms with Crippen molar-refractivity contribution in [3.8, 4) is 0 Å². The SMILES string of the molecule is CNCc1cn(Cc2cccs2)nn1. The van der Waals surface area contributed by atoms with E-state index < -0.39 is 0 Å². The number of thiophene rings is 1. The molecule has 1 N–H and O–H groups in total. The van der Waals surface area contributed by atoms with Crippen LogP contribution in [-0.2, 0) is 13.1 Å². The number of rotatable bonds is 4. The van der Waals surface area contributed by atoms with E-state index in [1.807, 2.05) is 24.0 Å². The van der Waals surface area contributed by atoms with Crippen molar-refractivity contribution < 1.29 is 0 Å². The summed E-state index contributed by atoms with van der Waals surface area (Å²) in [7, 11) is 1.90. The first-order valence-corrected chi connectivity index (χ1v) is 5.32. The number of hydrogen-bond donors (Lipinski definition) is 1. The van der Waals surface area contributed by atoms with Gasteiger partial charge in [-0.3, -0.25) is 0 Å². The van der Waals surface area contributed by atoms with Crippen molar-refractivity contribution in [2.75, 3.05) is 7.05 Å². The first kappa shape index (κ1) is 9.36. The van der Waals surface area contributed by atoms with E-state index in [9.17, 15) is 0 Å². The third-order valence-corrected chi connectivity index (χ3v) is 2.70. The molecule has 4 nitrogen and oxygen atoms in total. The molecule has 0 aliphatic heterocycles. The molecule has 0 radical (unpaired) electrons. The van der Waals surface area contributed by atoms with Crippen molar-refractivity contribution in [3.05, 3.63) is 34.3 Å². The predicted molar refractivity (Wildman–Crippen MR) is 56.2 cm³/mol. The molecule has 5 heteroatoms. The normalized spacial score (nSPS) is 10.6. The van der Waals surface area contributed by atoms with Gasteiger partial charge in [0.2, 0.25) is 0 Å². The summed E-state index contributed by atoms with van der Waals surface area (Å²) in [4.78, 5) is 1.30. The molecule has 74 valence electrons. The lowest BCUT2D eigenvalue weighted by molar-refractivity contribution is 0.655. The third-order valence-electron chi connectivity index (χ3n) is 1.84. The molecule has 0 amide bonds. The highest BCUT2D eigenvalue weighted by Gasteiger charge is 2.00. The van der Waals surface area contributed by atoms with E-state index in [-0.39, 0.29) is 0 Å². The highest BCUT2D eigenvalue weighted by Crippen LogP contribution is 2.09. The fourth-order valence-corrected chi connectivity index (χ4v) is 1.94. The molecule has 0 unspecified atom stereocenters. The molecule has 0 aliphatic carbocycles. The maximum atomic E-state index is 4.04. The molecule has 14 heavy (non-hydrogen) atoms. The van der Waals surface area contributed by atoms with E-state index in [1.54, 1.807) is 11.3 Å². The number of nitrogens with zero attached hydrogens (tertiary/aromatic N) is 3. The first-order valence-electron chi connectivity index (χ1n) is 4.44. The van der Waals surface area contributed by atoms with E-state index in [2.05, 4.69) is 27.1 Å². The molecule has 0 spiro atoms. The van der Waals surface area contributed by atoms with Crippen molar-refractivity contribution in [2.24, 2.45) is 0 Å². The van der Waals surface area contributed by atoms with Gasteiger partial charge < -0.3 is 5.32 Å². The molecule has 2 aromatic heterocycles. The van der Waals surface area contributed by atoms with Gasteiger partial charge in [-0.2, -0.15) is 0 Å². The van der Waals surface area contributed by atoms with E-state index in [4.69, 9.17) is 0 Å². The quantitative estimate of drug-likeness (QED) is 0.818. The lowest BCUT2D eigenvalue weighted by atomic mass is 10.4. The Labute approximate surface area is 86.6 Å². The summed E-state index contributed by atoms with van der Waals surface area (Å²) in [6.07, 6.45) is 1.97. The molecule has 0 fully saturated rings. The van der Waals surface area contributed by atoms with Gasteiger partial charge in [0.1, 0.15) is 0 Å². The van der Waals surface area contributed by atoms with Crippen LogP contribution in [0.15, 0.2) is 23.7 Å². The second kappa shape index (κ2) is 4.34. The molecule has 0 aliphatic rings. The van der Waals surface area contributed by atoms with Crippen molar-refractivity contribution in [3.63, 3.8) is 0 Å². The second-order valence-electron chi connectivity index (χ2n) is 3.02. The van der Waals surface area contributed by atoms with E-state index >= 15 is 0 Å². The molecule has 0 atom stereocenters. The molecular weight excluding hydrogens is 196 g/mol. The summed E-state index contributed by atoms with van der Waals surface area (Å²) < 4.78 is 1.86. The van der Waals surface area contributed by atoms with Crippen molar-refractivity contribution in [1.82, 2.24) is 20.3 Å². The molecule has 0 aromatic carbocycles. The zero-order chi connectivity index (χ0) is 9.80.